The molecule has 0 radical (unpaired) electrons. The zero-order chi connectivity index (χ0) is 20.5. The molecule has 2 heterocycles. The molecule has 2 aromatic carbocycles. The van der Waals surface area contributed by atoms with Gasteiger partial charge < -0.3 is 4.90 Å². The van der Waals surface area contributed by atoms with Crippen molar-refractivity contribution in [1.29, 1.82) is 5.26 Å². The van der Waals surface area contributed by atoms with E-state index in [-0.39, 0.29) is 22.9 Å². The number of halogens is 2. The Bertz CT molecular complexity index is 1010. The normalized spacial score (nSPS) is 19.2. The molecule has 1 saturated heterocycles. The molecule has 4 nitrogen and oxygen atoms in total. The van der Waals surface area contributed by atoms with Crippen molar-refractivity contribution in [1.82, 2.24) is 4.90 Å². The van der Waals surface area contributed by atoms with Crippen molar-refractivity contribution in [3.05, 3.63) is 75.0 Å². The van der Waals surface area contributed by atoms with Gasteiger partial charge in [-0.3, -0.25) is 9.69 Å². The first-order valence-corrected chi connectivity index (χ1v) is 10.7. The van der Waals surface area contributed by atoms with Crippen molar-refractivity contribution in [2.45, 2.75) is 25.7 Å². The van der Waals surface area contributed by atoms with Crippen molar-refractivity contribution in [3.8, 4) is 6.07 Å². The summed E-state index contributed by atoms with van der Waals surface area (Å²) in [5.74, 6) is -0.676. The third kappa shape index (κ3) is 3.61. The van der Waals surface area contributed by atoms with E-state index in [0.29, 0.717) is 23.1 Å². The molecular formula is C22H19ClFN3OS. The second kappa shape index (κ2) is 8.10. The topological polar surface area (TPSA) is 47.3 Å². The molecule has 1 fully saturated rings. The summed E-state index contributed by atoms with van der Waals surface area (Å²) >= 11 is 7.65. The molecule has 2 aromatic rings. The highest BCUT2D eigenvalue weighted by molar-refractivity contribution is 8.03. The van der Waals surface area contributed by atoms with Gasteiger partial charge in [0.2, 0.25) is 5.91 Å². The molecule has 0 aliphatic carbocycles. The lowest BCUT2D eigenvalue weighted by Gasteiger charge is -2.42. The van der Waals surface area contributed by atoms with Crippen molar-refractivity contribution < 1.29 is 9.18 Å². The van der Waals surface area contributed by atoms with E-state index in [1.165, 1.54) is 29.5 Å². The maximum absolute atomic E-state index is 14.5. The highest BCUT2D eigenvalue weighted by Crippen LogP contribution is 2.45. The number of hydrogen-bond donors (Lipinski definition) is 0. The largest absolute Gasteiger partial charge is 0.344 e. The predicted octanol–water partition coefficient (Wildman–Crippen LogP) is 5.26. The zero-order valence-electron chi connectivity index (χ0n) is 15.9. The van der Waals surface area contributed by atoms with E-state index < -0.39 is 11.7 Å². The second-order valence-electron chi connectivity index (χ2n) is 7.02. The number of carbonyl (C=O) groups is 1. The summed E-state index contributed by atoms with van der Waals surface area (Å²) in [6.45, 7) is 2.48. The van der Waals surface area contributed by atoms with Crippen LogP contribution in [0.15, 0.2) is 53.1 Å². The molecule has 1 atom stereocenters. The fourth-order valence-electron chi connectivity index (χ4n) is 3.76. The van der Waals surface area contributed by atoms with Gasteiger partial charge in [0.25, 0.3) is 0 Å². The number of hydrogen-bond acceptors (Lipinski definition) is 4. The molecular weight excluding hydrogens is 409 g/mol. The maximum atomic E-state index is 14.5. The Hall–Kier alpha value is -2.49. The smallest absolute Gasteiger partial charge is 0.229 e. The fourth-order valence-corrected chi connectivity index (χ4v) is 5.22. The van der Waals surface area contributed by atoms with Crippen molar-refractivity contribution in [2.75, 3.05) is 17.4 Å². The maximum Gasteiger partial charge on any atom is 0.229 e. The highest BCUT2D eigenvalue weighted by Gasteiger charge is 2.39. The lowest BCUT2D eigenvalue weighted by atomic mass is 9.86. The summed E-state index contributed by atoms with van der Waals surface area (Å²) in [7, 11) is 0. The summed E-state index contributed by atoms with van der Waals surface area (Å²) in [6.07, 6.45) is 0.994. The van der Waals surface area contributed by atoms with Crippen LogP contribution < -0.4 is 4.90 Å². The molecule has 29 heavy (non-hydrogen) atoms. The molecule has 0 unspecified atom stereocenters. The second-order valence-corrected chi connectivity index (χ2v) is 8.36. The van der Waals surface area contributed by atoms with Crippen molar-refractivity contribution >= 4 is 35.0 Å². The third-order valence-electron chi connectivity index (χ3n) is 5.35. The number of allylic oxidation sites excluding steroid dienone is 1. The number of fused-ring (bicyclic) bond motifs is 1. The molecule has 4 rings (SSSR count). The van der Waals surface area contributed by atoms with Crippen LogP contribution in [0, 0.1) is 17.1 Å². The third-order valence-corrected chi connectivity index (χ3v) is 6.84. The van der Waals surface area contributed by atoms with Gasteiger partial charge in [0.15, 0.2) is 0 Å². The minimum absolute atomic E-state index is 0.0240. The summed E-state index contributed by atoms with van der Waals surface area (Å²) < 4.78 is 14.5. The molecule has 0 spiro atoms. The number of nitriles is 1. The number of thioether (sulfide) groups is 1. The van der Waals surface area contributed by atoms with Crippen LogP contribution in [0.4, 0.5) is 10.1 Å². The molecule has 7 heteroatoms. The lowest BCUT2D eigenvalue weighted by molar-refractivity contribution is -0.129. The van der Waals surface area contributed by atoms with Gasteiger partial charge in [-0.05, 0) is 36.2 Å². The predicted molar refractivity (Wildman–Crippen MR) is 114 cm³/mol. The average molecular weight is 428 g/mol. The van der Waals surface area contributed by atoms with Gasteiger partial charge in [0.1, 0.15) is 5.82 Å². The monoisotopic (exact) mass is 427 g/mol. The van der Waals surface area contributed by atoms with Crippen molar-refractivity contribution in [2.24, 2.45) is 0 Å². The molecule has 148 valence electrons. The summed E-state index contributed by atoms with van der Waals surface area (Å²) in [6, 6.07) is 14.9. The number of anilines is 1. The Balaban J connectivity index is 1.67. The number of nitrogens with zero attached hydrogens (tertiary/aromatic N) is 3. The molecule has 0 saturated carbocycles. The van der Waals surface area contributed by atoms with Crippen LogP contribution in [-0.2, 0) is 11.2 Å². The quantitative estimate of drug-likeness (QED) is 0.670. The Labute approximate surface area is 178 Å². The van der Waals surface area contributed by atoms with E-state index >= 15 is 0 Å². The van der Waals surface area contributed by atoms with E-state index in [1.54, 1.807) is 11.0 Å². The van der Waals surface area contributed by atoms with Gasteiger partial charge in [-0.25, -0.2) is 4.39 Å². The Kier molecular flexibility index (Phi) is 5.53. The van der Waals surface area contributed by atoms with Crippen LogP contribution >= 0.6 is 23.4 Å². The van der Waals surface area contributed by atoms with Crippen LogP contribution in [0.5, 0.6) is 0 Å². The Morgan fingerprint density at radius 2 is 2.03 bits per heavy atom. The van der Waals surface area contributed by atoms with Gasteiger partial charge >= 0.3 is 0 Å². The fraction of sp³-hybridized carbons (Fsp3) is 0.273. The minimum atomic E-state index is -0.657. The summed E-state index contributed by atoms with van der Waals surface area (Å²) in [5.41, 5.74) is 2.91. The standard InChI is InChI=1S/C22H19ClFN3OS/c1-2-14-6-8-15(9-7-14)26-12-27-20(28)10-16(17(11-25)22(27)29-13-26)21-18(23)4-3-5-19(21)24/h3-9,16H,2,10,12-13H2,1H3/t16-/m0/s1. The van der Waals surface area contributed by atoms with E-state index in [9.17, 15) is 14.4 Å². The summed E-state index contributed by atoms with van der Waals surface area (Å²) in [4.78, 5) is 16.7. The van der Waals surface area contributed by atoms with Gasteiger partial charge in [-0.2, -0.15) is 5.26 Å². The number of carbonyl (C=O) groups excluding carboxylic acids is 1. The van der Waals surface area contributed by atoms with Crippen LogP contribution in [0.1, 0.15) is 30.4 Å². The number of benzene rings is 2. The van der Waals surface area contributed by atoms with Gasteiger partial charge in [-0.1, -0.05) is 48.5 Å². The molecule has 0 bridgehead atoms. The van der Waals surface area contributed by atoms with Gasteiger partial charge in [0.05, 0.1) is 29.2 Å². The van der Waals surface area contributed by atoms with E-state index in [1.807, 2.05) is 0 Å². The number of amides is 1. The van der Waals surface area contributed by atoms with E-state index in [0.717, 1.165) is 12.1 Å². The average Bonchev–Trinajstić information content (AvgIpc) is 2.74. The van der Waals surface area contributed by atoms with E-state index in [2.05, 4.69) is 42.2 Å². The summed E-state index contributed by atoms with van der Waals surface area (Å²) in [5, 5.41) is 10.7. The van der Waals surface area contributed by atoms with Crippen LogP contribution in [0.25, 0.3) is 0 Å². The van der Waals surface area contributed by atoms with Gasteiger partial charge in [-0.15, -0.1) is 0 Å². The first-order chi connectivity index (χ1) is 14.0. The minimum Gasteiger partial charge on any atom is -0.344 e. The van der Waals surface area contributed by atoms with Crippen LogP contribution in [0.2, 0.25) is 5.02 Å². The van der Waals surface area contributed by atoms with Crippen LogP contribution in [0.3, 0.4) is 0 Å². The lowest BCUT2D eigenvalue weighted by Crippen LogP contribution is -2.47. The van der Waals surface area contributed by atoms with Gasteiger partial charge in [0, 0.05) is 28.6 Å². The number of rotatable bonds is 3. The molecule has 0 N–H and O–H groups in total. The van der Waals surface area contributed by atoms with Crippen molar-refractivity contribution in [3.63, 3.8) is 0 Å². The molecule has 1 amide bonds. The molecule has 2 aliphatic rings. The first kappa shape index (κ1) is 19.8. The first-order valence-electron chi connectivity index (χ1n) is 9.38. The molecule has 2 aliphatic heterocycles. The SMILES string of the molecule is CCc1ccc(N2CSC3=C(C#N)[C@@H](c4c(F)cccc4Cl)CC(=O)N3C2)cc1. The molecule has 0 aromatic heterocycles. The Morgan fingerprint density at radius 3 is 2.69 bits per heavy atom. The van der Waals surface area contributed by atoms with Crippen LogP contribution in [-0.4, -0.2) is 23.4 Å². The highest BCUT2D eigenvalue weighted by atomic mass is 35.5. The zero-order valence-corrected chi connectivity index (χ0v) is 17.4. The number of aryl methyl sites for hydroxylation is 1. The Morgan fingerprint density at radius 1 is 1.28 bits per heavy atom. The van der Waals surface area contributed by atoms with E-state index in [4.69, 9.17) is 11.6 Å².